The molecule has 2 aliphatic heterocycles. The monoisotopic (exact) mass is 423 g/mol. The Labute approximate surface area is 183 Å². The first-order chi connectivity index (χ1) is 14.6. The number of likely N-dealkylation sites (tertiary alicyclic amines) is 1. The van der Waals surface area contributed by atoms with Crippen LogP contribution in [-0.2, 0) is 14.4 Å². The molecule has 2 rings (SSSR count). The molecule has 0 aromatic heterocycles. The van der Waals surface area contributed by atoms with Gasteiger partial charge in [-0.1, -0.05) is 57.8 Å². The minimum atomic E-state index is -0.186. The summed E-state index contributed by atoms with van der Waals surface area (Å²) in [5.41, 5.74) is 5.11. The fourth-order valence-electron chi connectivity index (χ4n) is 4.02. The number of nitrogens with two attached hydrogens (primary N) is 1. The van der Waals surface area contributed by atoms with Gasteiger partial charge in [0.05, 0.1) is 0 Å². The van der Waals surface area contributed by atoms with Crippen molar-refractivity contribution in [2.75, 3.05) is 19.6 Å². The number of rotatable bonds is 11. The molecule has 0 atom stereocenters. The van der Waals surface area contributed by atoms with Gasteiger partial charge in [-0.25, -0.2) is 0 Å². The number of hydrogen-bond acceptors (Lipinski definition) is 3. The molecule has 30 heavy (non-hydrogen) atoms. The summed E-state index contributed by atoms with van der Waals surface area (Å²) in [7, 11) is 0. The number of unbranched alkanes of at least 4 members (excludes halogenated alkanes) is 7. The molecule has 2 heterocycles. The van der Waals surface area contributed by atoms with E-state index in [9.17, 15) is 14.4 Å². The highest BCUT2D eigenvalue weighted by Gasteiger charge is 2.14. The Balaban J connectivity index is 0.000000467. The van der Waals surface area contributed by atoms with Gasteiger partial charge in [-0.3, -0.25) is 14.4 Å². The van der Waals surface area contributed by atoms with E-state index in [1.165, 1.54) is 64.2 Å². The van der Waals surface area contributed by atoms with Crippen LogP contribution in [-0.4, -0.2) is 42.3 Å². The summed E-state index contributed by atoms with van der Waals surface area (Å²) in [6, 6.07) is 0. The summed E-state index contributed by atoms with van der Waals surface area (Å²) in [5, 5.41) is 2.81. The van der Waals surface area contributed by atoms with Crippen molar-refractivity contribution in [3.05, 3.63) is 0 Å². The van der Waals surface area contributed by atoms with E-state index in [0.717, 1.165) is 64.6 Å². The summed E-state index contributed by atoms with van der Waals surface area (Å²) in [4.78, 5) is 35.3. The van der Waals surface area contributed by atoms with Crippen LogP contribution >= 0.6 is 0 Å². The molecule has 2 saturated heterocycles. The molecular weight excluding hydrogens is 378 g/mol. The average molecular weight is 424 g/mol. The maximum Gasteiger partial charge on any atom is 0.222 e. The van der Waals surface area contributed by atoms with Crippen LogP contribution in [0.3, 0.4) is 0 Å². The summed E-state index contributed by atoms with van der Waals surface area (Å²) >= 11 is 0. The lowest BCUT2D eigenvalue weighted by atomic mass is 10.1. The fourth-order valence-corrected chi connectivity index (χ4v) is 4.02. The molecular formula is C24H45N3O3. The molecule has 0 unspecified atom stereocenters. The zero-order valence-electron chi connectivity index (χ0n) is 19.1. The fraction of sp³-hybridized carbons (Fsp3) is 0.875. The predicted octanol–water partition coefficient (Wildman–Crippen LogP) is 4.45. The zero-order chi connectivity index (χ0) is 21.9. The van der Waals surface area contributed by atoms with E-state index in [1.807, 2.05) is 0 Å². The molecule has 0 aliphatic carbocycles. The molecule has 0 aromatic rings. The van der Waals surface area contributed by atoms with Gasteiger partial charge in [-0.2, -0.15) is 0 Å². The number of carbonyl (C=O) groups excluding carboxylic acids is 3. The van der Waals surface area contributed by atoms with Gasteiger partial charge < -0.3 is 16.0 Å². The van der Waals surface area contributed by atoms with Crippen molar-refractivity contribution in [3.63, 3.8) is 0 Å². The third-order valence-corrected chi connectivity index (χ3v) is 5.93. The zero-order valence-corrected chi connectivity index (χ0v) is 19.1. The number of nitrogens with one attached hydrogen (secondary N) is 1. The lowest BCUT2D eigenvalue weighted by Gasteiger charge is -2.20. The van der Waals surface area contributed by atoms with Crippen LogP contribution in [0.2, 0.25) is 0 Å². The number of nitrogens with zero attached hydrogens (tertiary/aromatic N) is 1. The second kappa shape index (κ2) is 18.2. The Bertz CT molecular complexity index is 464. The van der Waals surface area contributed by atoms with Gasteiger partial charge in [0, 0.05) is 38.9 Å². The normalized spacial score (nSPS) is 17.2. The molecule has 0 spiro atoms. The molecule has 3 amide bonds. The van der Waals surface area contributed by atoms with E-state index < -0.39 is 0 Å². The van der Waals surface area contributed by atoms with Gasteiger partial charge in [-0.05, 0) is 38.5 Å². The number of primary amides is 1. The third-order valence-electron chi connectivity index (χ3n) is 5.93. The first-order valence-electron chi connectivity index (χ1n) is 12.4. The van der Waals surface area contributed by atoms with Crippen LogP contribution in [0.1, 0.15) is 116 Å². The van der Waals surface area contributed by atoms with Gasteiger partial charge in [0.15, 0.2) is 0 Å². The van der Waals surface area contributed by atoms with Crippen molar-refractivity contribution in [1.82, 2.24) is 10.2 Å². The molecule has 2 fully saturated rings. The molecule has 0 saturated carbocycles. The maximum atomic E-state index is 12.1. The SMILES string of the molecule is NC(=O)CCCCCCCCCCC(=O)N1CCCCCC1.O=C1CCCCCN1. The van der Waals surface area contributed by atoms with Gasteiger partial charge in [0.25, 0.3) is 0 Å². The molecule has 6 nitrogen and oxygen atoms in total. The number of amides is 3. The van der Waals surface area contributed by atoms with Crippen molar-refractivity contribution in [2.24, 2.45) is 5.73 Å². The average Bonchev–Trinajstić information content (AvgIpc) is 3.14. The van der Waals surface area contributed by atoms with E-state index >= 15 is 0 Å². The quantitative estimate of drug-likeness (QED) is 0.481. The molecule has 2 aliphatic rings. The smallest absolute Gasteiger partial charge is 0.222 e. The molecule has 0 aromatic carbocycles. The maximum absolute atomic E-state index is 12.1. The predicted molar refractivity (Wildman–Crippen MR) is 122 cm³/mol. The first kappa shape index (κ1) is 26.4. The Kier molecular flexibility index (Phi) is 16.0. The summed E-state index contributed by atoms with van der Waals surface area (Å²) in [6.07, 6.45) is 19.5. The first-order valence-corrected chi connectivity index (χ1v) is 12.4. The van der Waals surface area contributed by atoms with Crippen molar-refractivity contribution in [2.45, 2.75) is 116 Å². The van der Waals surface area contributed by atoms with Crippen LogP contribution in [0.25, 0.3) is 0 Å². The molecule has 0 radical (unpaired) electrons. The van der Waals surface area contributed by atoms with Crippen molar-refractivity contribution < 1.29 is 14.4 Å². The number of hydrogen-bond donors (Lipinski definition) is 2. The van der Waals surface area contributed by atoms with Crippen LogP contribution in [0, 0.1) is 0 Å². The van der Waals surface area contributed by atoms with E-state index in [4.69, 9.17) is 5.73 Å². The van der Waals surface area contributed by atoms with E-state index in [2.05, 4.69) is 10.2 Å². The Morgan fingerprint density at radius 1 is 0.733 bits per heavy atom. The molecule has 6 heteroatoms. The Morgan fingerprint density at radius 2 is 1.27 bits per heavy atom. The van der Waals surface area contributed by atoms with E-state index in [-0.39, 0.29) is 11.8 Å². The van der Waals surface area contributed by atoms with Crippen molar-refractivity contribution >= 4 is 17.7 Å². The van der Waals surface area contributed by atoms with Crippen LogP contribution in [0.4, 0.5) is 0 Å². The van der Waals surface area contributed by atoms with Crippen molar-refractivity contribution in [3.8, 4) is 0 Å². The molecule has 0 bridgehead atoms. The highest BCUT2D eigenvalue weighted by molar-refractivity contribution is 5.76. The molecule has 3 N–H and O–H groups in total. The summed E-state index contributed by atoms with van der Waals surface area (Å²) < 4.78 is 0. The van der Waals surface area contributed by atoms with Crippen LogP contribution in [0.5, 0.6) is 0 Å². The van der Waals surface area contributed by atoms with Crippen LogP contribution in [0.15, 0.2) is 0 Å². The minimum absolute atomic E-state index is 0.186. The van der Waals surface area contributed by atoms with Crippen LogP contribution < -0.4 is 11.1 Å². The Hall–Kier alpha value is -1.59. The highest BCUT2D eigenvalue weighted by Crippen LogP contribution is 2.14. The molecule has 174 valence electrons. The standard InChI is InChI=1S/C18H34N2O2.C6H11NO/c19-17(21)13-9-5-3-1-2-4-6-10-14-18(22)20-15-11-7-8-12-16-20;8-6-4-2-1-3-5-7-6/h1-16H2,(H2,19,21);1-5H2,(H,7,8). The third kappa shape index (κ3) is 15.3. The van der Waals surface area contributed by atoms with Gasteiger partial charge in [0.2, 0.25) is 17.7 Å². The summed E-state index contributed by atoms with van der Waals surface area (Å²) in [6.45, 7) is 2.84. The van der Waals surface area contributed by atoms with Gasteiger partial charge in [-0.15, -0.1) is 0 Å². The van der Waals surface area contributed by atoms with E-state index in [0.29, 0.717) is 12.3 Å². The highest BCUT2D eigenvalue weighted by atomic mass is 16.2. The lowest BCUT2D eigenvalue weighted by molar-refractivity contribution is -0.131. The largest absolute Gasteiger partial charge is 0.370 e. The lowest BCUT2D eigenvalue weighted by Crippen LogP contribution is -2.31. The van der Waals surface area contributed by atoms with Gasteiger partial charge in [0.1, 0.15) is 0 Å². The van der Waals surface area contributed by atoms with Gasteiger partial charge >= 0.3 is 0 Å². The number of carbonyl (C=O) groups is 3. The minimum Gasteiger partial charge on any atom is -0.370 e. The second-order valence-corrected chi connectivity index (χ2v) is 8.75. The van der Waals surface area contributed by atoms with E-state index in [1.54, 1.807) is 0 Å². The van der Waals surface area contributed by atoms with Crippen molar-refractivity contribution in [1.29, 1.82) is 0 Å². The Morgan fingerprint density at radius 3 is 1.87 bits per heavy atom. The summed E-state index contributed by atoms with van der Waals surface area (Å²) in [5.74, 6) is 0.407. The topological polar surface area (TPSA) is 92.5 Å². The second-order valence-electron chi connectivity index (χ2n) is 8.75.